The van der Waals surface area contributed by atoms with Gasteiger partial charge in [0.1, 0.15) is 6.79 Å². The highest BCUT2D eigenvalue weighted by Crippen LogP contribution is 2.22. The normalized spacial score (nSPS) is 13.9. The van der Waals surface area contributed by atoms with E-state index >= 15 is 0 Å². The Morgan fingerprint density at radius 1 is 0.600 bits per heavy atom. The molecule has 0 aromatic heterocycles. The summed E-state index contributed by atoms with van der Waals surface area (Å²) in [6, 6.07) is 0. The van der Waals surface area contributed by atoms with Gasteiger partial charge in [-0.1, -0.05) is 91.4 Å². The maximum atomic E-state index is 5.45. The molecular weight excluding hydrogens is 308 g/mol. The molecule has 2 unspecified atom stereocenters. The minimum absolute atomic E-state index is 0.458. The van der Waals surface area contributed by atoms with Crippen molar-refractivity contribution in [1.29, 1.82) is 0 Å². The number of hydrogen-bond acceptors (Lipinski definition) is 2. The fourth-order valence-electron chi connectivity index (χ4n) is 3.64. The second kappa shape index (κ2) is 20.2. The first kappa shape index (κ1) is 24.9. The third-order valence-corrected chi connectivity index (χ3v) is 5.21. The number of ether oxygens (including phenoxy) is 2. The summed E-state index contributed by atoms with van der Waals surface area (Å²) in [5.41, 5.74) is 0. The predicted molar refractivity (Wildman–Crippen MR) is 111 cm³/mol. The molecule has 0 amide bonds. The van der Waals surface area contributed by atoms with Crippen molar-refractivity contribution in [1.82, 2.24) is 0 Å². The smallest absolute Gasteiger partial charge is 0.146 e. The SMILES string of the molecule is CCCCCCCCCCCCC(C)CC(C)CCCOCOCC. The summed E-state index contributed by atoms with van der Waals surface area (Å²) in [4.78, 5) is 0. The third-order valence-electron chi connectivity index (χ3n) is 5.21. The summed E-state index contributed by atoms with van der Waals surface area (Å²) >= 11 is 0. The van der Waals surface area contributed by atoms with Crippen molar-refractivity contribution in [2.24, 2.45) is 11.8 Å². The van der Waals surface area contributed by atoms with Gasteiger partial charge in [-0.15, -0.1) is 0 Å². The second-order valence-electron chi connectivity index (χ2n) is 8.08. The molecule has 0 fully saturated rings. The van der Waals surface area contributed by atoms with Crippen LogP contribution in [0.5, 0.6) is 0 Å². The summed E-state index contributed by atoms with van der Waals surface area (Å²) in [6.45, 7) is 11.2. The van der Waals surface area contributed by atoms with E-state index in [-0.39, 0.29) is 0 Å². The first-order valence-electron chi connectivity index (χ1n) is 11.4. The van der Waals surface area contributed by atoms with E-state index in [1.807, 2.05) is 6.92 Å². The molecule has 2 nitrogen and oxygen atoms in total. The molecule has 0 bridgehead atoms. The molecule has 0 aromatic carbocycles. The lowest BCUT2D eigenvalue weighted by Crippen LogP contribution is -2.06. The van der Waals surface area contributed by atoms with Crippen LogP contribution in [-0.4, -0.2) is 20.0 Å². The van der Waals surface area contributed by atoms with Crippen molar-refractivity contribution < 1.29 is 9.47 Å². The highest BCUT2D eigenvalue weighted by atomic mass is 16.7. The lowest BCUT2D eigenvalue weighted by atomic mass is 9.90. The maximum Gasteiger partial charge on any atom is 0.146 e. The molecule has 0 radical (unpaired) electrons. The van der Waals surface area contributed by atoms with Gasteiger partial charge in [0.15, 0.2) is 0 Å². The van der Waals surface area contributed by atoms with E-state index in [4.69, 9.17) is 9.47 Å². The molecule has 0 aromatic rings. The van der Waals surface area contributed by atoms with Gasteiger partial charge in [-0.2, -0.15) is 0 Å². The van der Waals surface area contributed by atoms with Crippen molar-refractivity contribution >= 4 is 0 Å². The molecule has 0 aliphatic carbocycles. The van der Waals surface area contributed by atoms with Gasteiger partial charge in [0.25, 0.3) is 0 Å². The van der Waals surface area contributed by atoms with Gasteiger partial charge >= 0.3 is 0 Å². The van der Waals surface area contributed by atoms with Crippen molar-refractivity contribution in [3.63, 3.8) is 0 Å². The minimum Gasteiger partial charge on any atom is -0.356 e. The Labute approximate surface area is 159 Å². The van der Waals surface area contributed by atoms with E-state index in [0.717, 1.165) is 25.0 Å². The summed E-state index contributed by atoms with van der Waals surface area (Å²) in [5.74, 6) is 1.71. The van der Waals surface area contributed by atoms with Gasteiger partial charge in [-0.05, 0) is 38.0 Å². The van der Waals surface area contributed by atoms with Crippen LogP contribution in [0.1, 0.15) is 118 Å². The van der Waals surface area contributed by atoms with E-state index in [1.54, 1.807) is 0 Å². The zero-order valence-electron chi connectivity index (χ0n) is 18.0. The van der Waals surface area contributed by atoms with Crippen LogP contribution in [0.15, 0.2) is 0 Å². The topological polar surface area (TPSA) is 18.5 Å². The Hall–Kier alpha value is -0.0800. The van der Waals surface area contributed by atoms with Crippen LogP contribution in [0.3, 0.4) is 0 Å². The summed E-state index contributed by atoms with van der Waals surface area (Å²) in [6.07, 6.45) is 19.6. The van der Waals surface area contributed by atoms with Gasteiger partial charge in [-0.25, -0.2) is 0 Å². The predicted octanol–water partition coefficient (Wildman–Crippen LogP) is 7.75. The van der Waals surface area contributed by atoms with Crippen molar-refractivity contribution in [3.8, 4) is 0 Å². The van der Waals surface area contributed by atoms with E-state index in [2.05, 4.69) is 20.8 Å². The molecule has 2 heteroatoms. The molecule has 152 valence electrons. The first-order chi connectivity index (χ1) is 12.2. The first-order valence-corrected chi connectivity index (χ1v) is 11.4. The number of hydrogen-bond donors (Lipinski definition) is 0. The number of rotatable bonds is 20. The van der Waals surface area contributed by atoms with Gasteiger partial charge in [0.05, 0.1) is 0 Å². The van der Waals surface area contributed by atoms with E-state index in [1.165, 1.54) is 89.9 Å². The molecule has 0 rings (SSSR count). The highest BCUT2D eigenvalue weighted by Gasteiger charge is 2.08. The number of unbranched alkanes of at least 4 members (excludes halogenated alkanes) is 9. The molecule has 0 saturated heterocycles. The van der Waals surface area contributed by atoms with Crippen LogP contribution < -0.4 is 0 Å². The van der Waals surface area contributed by atoms with Crippen LogP contribution >= 0.6 is 0 Å². The van der Waals surface area contributed by atoms with Gasteiger partial charge in [0, 0.05) is 13.2 Å². The molecule has 0 N–H and O–H groups in total. The Bertz CT molecular complexity index is 242. The Morgan fingerprint density at radius 2 is 1.12 bits per heavy atom. The second-order valence-corrected chi connectivity index (χ2v) is 8.08. The summed E-state index contributed by atoms with van der Waals surface area (Å²) in [7, 11) is 0. The monoisotopic (exact) mass is 356 g/mol. The highest BCUT2D eigenvalue weighted by molar-refractivity contribution is 4.61. The Kier molecular flexibility index (Phi) is 20.2. The molecule has 0 aliphatic rings. The molecule has 0 aliphatic heterocycles. The van der Waals surface area contributed by atoms with Crippen LogP contribution in [0.25, 0.3) is 0 Å². The van der Waals surface area contributed by atoms with Crippen LogP contribution in [0, 0.1) is 11.8 Å². The molecule has 2 atom stereocenters. The maximum absolute atomic E-state index is 5.45. The summed E-state index contributed by atoms with van der Waals surface area (Å²) < 4.78 is 10.6. The van der Waals surface area contributed by atoms with Gasteiger partial charge < -0.3 is 9.47 Å². The summed E-state index contributed by atoms with van der Waals surface area (Å²) in [5, 5.41) is 0. The molecule has 0 heterocycles. The van der Waals surface area contributed by atoms with Gasteiger partial charge in [-0.3, -0.25) is 0 Å². The quantitative estimate of drug-likeness (QED) is 0.164. The van der Waals surface area contributed by atoms with Crippen molar-refractivity contribution in [2.75, 3.05) is 20.0 Å². The minimum atomic E-state index is 0.458. The average molecular weight is 357 g/mol. The lowest BCUT2D eigenvalue weighted by Gasteiger charge is -2.17. The fourth-order valence-corrected chi connectivity index (χ4v) is 3.64. The van der Waals surface area contributed by atoms with E-state index in [9.17, 15) is 0 Å². The van der Waals surface area contributed by atoms with Crippen LogP contribution in [0.4, 0.5) is 0 Å². The molecule has 0 spiro atoms. The van der Waals surface area contributed by atoms with Crippen molar-refractivity contribution in [2.45, 2.75) is 118 Å². The van der Waals surface area contributed by atoms with E-state index in [0.29, 0.717) is 6.79 Å². The Balaban J connectivity index is 3.29. The third kappa shape index (κ3) is 20.1. The molecular formula is C23H48O2. The largest absolute Gasteiger partial charge is 0.356 e. The Morgan fingerprint density at radius 3 is 1.68 bits per heavy atom. The average Bonchev–Trinajstić information content (AvgIpc) is 2.59. The van der Waals surface area contributed by atoms with Crippen molar-refractivity contribution in [3.05, 3.63) is 0 Å². The molecule has 0 saturated carbocycles. The zero-order chi connectivity index (χ0) is 18.6. The van der Waals surface area contributed by atoms with Crippen LogP contribution in [0.2, 0.25) is 0 Å². The van der Waals surface area contributed by atoms with E-state index < -0.39 is 0 Å². The fraction of sp³-hybridized carbons (Fsp3) is 1.00. The molecule has 25 heavy (non-hydrogen) atoms. The van der Waals surface area contributed by atoms with Crippen LogP contribution in [-0.2, 0) is 9.47 Å². The lowest BCUT2D eigenvalue weighted by molar-refractivity contribution is -0.0508. The standard InChI is InChI=1S/C23H48O2/c1-5-7-8-9-10-11-12-13-14-15-17-22(3)20-23(4)18-16-19-25-21-24-6-2/h22-23H,5-21H2,1-4H3. The zero-order valence-corrected chi connectivity index (χ0v) is 18.0. The van der Waals surface area contributed by atoms with Gasteiger partial charge in [0.2, 0.25) is 0 Å².